The standard InChI is InChI=1S/C13H8ClN5/c1-8-4-11(7-16)18-13(17-8)19-12-5-10(14)3-2-9(12)6-15/h2-5H,1H3,(H,17,18,19). The van der Waals surface area contributed by atoms with E-state index in [-0.39, 0.29) is 11.6 Å². The van der Waals surface area contributed by atoms with Crippen LogP contribution in [0.25, 0.3) is 0 Å². The summed E-state index contributed by atoms with van der Waals surface area (Å²) in [6.45, 7) is 1.76. The van der Waals surface area contributed by atoms with Gasteiger partial charge in [-0.3, -0.25) is 0 Å². The smallest absolute Gasteiger partial charge is 0.228 e. The predicted octanol–water partition coefficient (Wildman–Crippen LogP) is 2.93. The summed E-state index contributed by atoms with van der Waals surface area (Å²) in [4.78, 5) is 8.17. The molecule has 1 aromatic heterocycles. The summed E-state index contributed by atoms with van der Waals surface area (Å²) in [6, 6.07) is 10.4. The van der Waals surface area contributed by atoms with E-state index in [1.807, 2.05) is 12.1 Å². The zero-order valence-corrected chi connectivity index (χ0v) is 10.7. The van der Waals surface area contributed by atoms with Crippen LogP contribution in [0.5, 0.6) is 0 Å². The van der Waals surface area contributed by atoms with E-state index in [2.05, 4.69) is 15.3 Å². The molecule has 0 aliphatic heterocycles. The lowest BCUT2D eigenvalue weighted by molar-refractivity contribution is 1.09. The van der Waals surface area contributed by atoms with Gasteiger partial charge in [-0.2, -0.15) is 10.5 Å². The lowest BCUT2D eigenvalue weighted by Gasteiger charge is -2.07. The SMILES string of the molecule is Cc1cc(C#N)nc(Nc2cc(Cl)ccc2C#N)n1. The Balaban J connectivity index is 2.42. The van der Waals surface area contributed by atoms with Crippen LogP contribution in [0.15, 0.2) is 24.3 Å². The van der Waals surface area contributed by atoms with Crippen molar-refractivity contribution in [3.63, 3.8) is 0 Å². The second-order valence-electron chi connectivity index (χ2n) is 3.76. The molecule has 0 radical (unpaired) electrons. The van der Waals surface area contributed by atoms with E-state index in [4.69, 9.17) is 22.1 Å². The summed E-state index contributed by atoms with van der Waals surface area (Å²) in [5.74, 6) is 0.260. The maximum Gasteiger partial charge on any atom is 0.228 e. The molecule has 1 N–H and O–H groups in total. The number of hydrogen-bond donors (Lipinski definition) is 1. The van der Waals surface area contributed by atoms with Crippen molar-refractivity contribution in [2.24, 2.45) is 0 Å². The average molecular weight is 270 g/mol. The fraction of sp³-hybridized carbons (Fsp3) is 0.0769. The minimum Gasteiger partial charge on any atom is -0.323 e. The van der Waals surface area contributed by atoms with Gasteiger partial charge in [0, 0.05) is 10.7 Å². The van der Waals surface area contributed by atoms with Crippen molar-refractivity contribution >= 4 is 23.2 Å². The average Bonchev–Trinajstić information content (AvgIpc) is 2.38. The van der Waals surface area contributed by atoms with Gasteiger partial charge in [-0.1, -0.05) is 11.6 Å². The Morgan fingerprint density at radius 3 is 2.63 bits per heavy atom. The van der Waals surface area contributed by atoms with Crippen LogP contribution in [0.4, 0.5) is 11.6 Å². The molecule has 0 bridgehead atoms. The molecule has 1 heterocycles. The molecule has 2 rings (SSSR count). The molecule has 0 atom stereocenters. The quantitative estimate of drug-likeness (QED) is 0.906. The predicted molar refractivity (Wildman–Crippen MR) is 70.9 cm³/mol. The normalized spacial score (nSPS) is 9.47. The van der Waals surface area contributed by atoms with Crippen LogP contribution in [0.3, 0.4) is 0 Å². The first-order valence-corrected chi connectivity index (χ1v) is 5.72. The first kappa shape index (κ1) is 12.8. The minimum atomic E-state index is 0.260. The zero-order chi connectivity index (χ0) is 13.8. The largest absolute Gasteiger partial charge is 0.323 e. The topological polar surface area (TPSA) is 85.4 Å². The number of anilines is 2. The van der Waals surface area contributed by atoms with Crippen molar-refractivity contribution in [1.82, 2.24) is 9.97 Å². The Kier molecular flexibility index (Phi) is 3.61. The third-order valence-corrected chi connectivity index (χ3v) is 2.55. The van der Waals surface area contributed by atoms with E-state index in [1.54, 1.807) is 31.2 Å². The highest BCUT2D eigenvalue weighted by atomic mass is 35.5. The lowest BCUT2D eigenvalue weighted by atomic mass is 10.2. The number of nitrogens with zero attached hydrogens (tertiary/aromatic N) is 4. The van der Waals surface area contributed by atoms with Gasteiger partial charge in [0.2, 0.25) is 5.95 Å². The number of nitriles is 2. The Labute approximate surface area is 115 Å². The Morgan fingerprint density at radius 1 is 1.16 bits per heavy atom. The summed E-state index contributed by atoms with van der Waals surface area (Å²) >= 11 is 5.89. The molecule has 1 aromatic carbocycles. The van der Waals surface area contributed by atoms with E-state index in [0.29, 0.717) is 22.0 Å². The Bertz CT molecular complexity index is 712. The van der Waals surface area contributed by atoms with Crippen LogP contribution in [0.1, 0.15) is 17.0 Å². The highest BCUT2D eigenvalue weighted by Crippen LogP contribution is 2.23. The van der Waals surface area contributed by atoms with Gasteiger partial charge in [0.1, 0.15) is 17.8 Å². The van der Waals surface area contributed by atoms with Gasteiger partial charge >= 0.3 is 0 Å². The van der Waals surface area contributed by atoms with E-state index in [9.17, 15) is 0 Å². The van der Waals surface area contributed by atoms with Gasteiger partial charge < -0.3 is 5.32 Å². The van der Waals surface area contributed by atoms with Gasteiger partial charge in [-0.15, -0.1) is 0 Å². The summed E-state index contributed by atoms with van der Waals surface area (Å²) in [6.07, 6.45) is 0. The number of nitrogens with one attached hydrogen (secondary N) is 1. The third kappa shape index (κ3) is 2.98. The van der Waals surface area contributed by atoms with E-state index in [0.717, 1.165) is 0 Å². The fourth-order valence-electron chi connectivity index (χ4n) is 1.52. The first-order chi connectivity index (χ1) is 9.12. The molecule has 0 saturated heterocycles. The van der Waals surface area contributed by atoms with E-state index >= 15 is 0 Å². The van der Waals surface area contributed by atoms with Crippen LogP contribution in [-0.2, 0) is 0 Å². The van der Waals surface area contributed by atoms with E-state index in [1.165, 1.54) is 0 Å². The monoisotopic (exact) mass is 269 g/mol. The molecule has 0 fully saturated rings. The van der Waals surface area contributed by atoms with E-state index < -0.39 is 0 Å². The summed E-state index contributed by atoms with van der Waals surface area (Å²) < 4.78 is 0. The molecular formula is C13H8ClN5. The van der Waals surface area contributed by atoms with Gasteiger partial charge in [-0.25, -0.2) is 9.97 Å². The fourth-order valence-corrected chi connectivity index (χ4v) is 1.69. The third-order valence-electron chi connectivity index (χ3n) is 2.32. The number of benzene rings is 1. The molecule has 0 aliphatic carbocycles. The van der Waals surface area contributed by atoms with Crippen molar-refractivity contribution in [2.75, 3.05) is 5.32 Å². The number of halogens is 1. The molecule has 2 aromatic rings. The molecular weight excluding hydrogens is 262 g/mol. The maximum absolute atomic E-state index is 9.02. The number of rotatable bonds is 2. The van der Waals surface area contributed by atoms with Crippen LogP contribution in [0, 0.1) is 29.6 Å². The van der Waals surface area contributed by atoms with Crippen molar-refractivity contribution < 1.29 is 0 Å². The Morgan fingerprint density at radius 2 is 1.95 bits per heavy atom. The van der Waals surface area contributed by atoms with Crippen LogP contribution >= 0.6 is 11.6 Å². The zero-order valence-electron chi connectivity index (χ0n) is 9.98. The minimum absolute atomic E-state index is 0.260. The lowest BCUT2D eigenvalue weighted by Crippen LogP contribution is -2.01. The van der Waals surface area contributed by atoms with Crippen molar-refractivity contribution in [3.8, 4) is 12.1 Å². The first-order valence-electron chi connectivity index (χ1n) is 5.35. The number of hydrogen-bond acceptors (Lipinski definition) is 5. The second kappa shape index (κ2) is 5.34. The molecule has 0 spiro atoms. The highest BCUT2D eigenvalue weighted by molar-refractivity contribution is 6.30. The highest BCUT2D eigenvalue weighted by Gasteiger charge is 2.07. The van der Waals surface area contributed by atoms with Crippen LogP contribution in [0.2, 0.25) is 5.02 Å². The molecule has 0 saturated carbocycles. The van der Waals surface area contributed by atoms with Gasteiger partial charge in [-0.05, 0) is 31.2 Å². The van der Waals surface area contributed by atoms with Gasteiger partial charge in [0.05, 0.1) is 11.3 Å². The maximum atomic E-state index is 9.02. The number of aryl methyl sites for hydroxylation is 1. The van der Waals surface area contributed by atoms with Gasteiger partial charge in [0.15, 0.2) is 0 Å². The molecule has 0 aliphatic rings. The van der Waals surface area contributed by atoms with Crippen molar-refractivity contribution in [3.05, 3.63) is 46.2 Å². The summed E-state index contributed by atoms with van der Waals surface area (Å²) in [7, 11) is 0. The summed E-state index contributed by atoms with van der Waals surface area (Å²) in [5, 5.41) is 21.3. The molecule has 0 amide bonds. The van der Waals surface area contributed by atoms with Crippen LogP contribution < -0.4 is 5.32 Å². The molecule has 5 nitrogen and oxygen atoms in total. The Hall–Kier alpha value is -2.63. The molecule has 19 heavy (non-hydrogen) atoms. The number of aromatic nitrogens is 2. The molecule has 92 valence electrons. The van der Waals surface area contributed by atoms with Gasteiger partial charge in [0.25, 0.3) is 0 Å². The molecule has 0 unspecified atom stereocenters. The van der Waals surface area contributed by atoms with Crippen molar-refractivity contribution in [1.29, 1.82) is 10.5 Å². The second-order valence-corrected chi connectivity index (χ2v) is 4.19. The van der Waals surface area contributed by atoms with Crippen LogP contribution in [-0.4, -0.2) is 9.97 Å². The summed E-state index contributed by atoms with van der Waals surface area (Å²) in [5.41, 5.74) is 1.85. The molecule has 6 heteroatoms. The van der Waals surface area contributed by atoms with Crippen molar-refractivity contribution in [2.45, 2.75) is 6.92 Å².